The number of fused-ring (bicyclic) bond motifs is 1. The molecule has 0 saturated heterocycles. The van der Waals surface area contributed by atoms with E-state index in [4.69, 9.17) is 23.9 Å². The molecule has 6 rings (SSSR count). The number of hydrogen-bond donors (Lipinski definition) is 0. The second kappa shape index (κ2) is 14.5. The second-order valence-electron chi connectivity index (χ2n) is 10.9. The number of nitro groups is 2. The number of hydrogen-bond acceptors (Lipinski definition) is 12. The summed E-state index contributed by atoms with van der Waals surface area (Å²) >= 11 is 1.14. The van der Waals surface area contributed by atoms with E-state index in [9.17, 15) is 29.8 Å². The molecule has 5 aromatic rings. The molecule has 1 aromatic heterocycles. The van der Waals surface area contributed by atoms with E-state index in [0.29, 0.717) is 43.2 Å². The molecular weight excluding hydrogens is 680 g/mol. The summed E-state index contributed by atoms with van der Waals surface area (Å²) < 4.78 is 24.0. The van der Waals surface area contributed by atoms with E-state index < -0.39 is 38.8 Å². The van der Waals surface area contributed by atoms with E-state index in [2.05, 4.69) is 0 Å². The van der Waals surface area contributed by atoms with Crippen molar-refractivity contribution in [3.8, 4) is 23.0 Å². The highest BCUT2D eigenvalue weighted by atomic mass is 32.1. The van der Waals surface area contributed by atoms with Crippen LogP contribution < -0.4 is 29.1 Å². The molecule has 14 nitrogen and oxygen atoms in total. The monoisotopic (exact) mass is 708 g/mol. The van der Waals surface area contributed by atoms with Crippen molar-refractivity contribution >= 4 is 40.5 Å². The minimum absolute atomic E-state index is 0.102. The minimum atomic E-state index is -0.939. The number of carbonyl (C=O) groups excluding carboxylic acids is 1. The molecule has 0 unspecified atom stereocenters. The first kappa shape index (κ1) is 34.3. The molecule has 0 N–H and O–H groups in total. The van der Waals surface area contributed by atoms with Crippen LogP contribution in [0.5, 0.6) is 23.0 Å². The molecule has 0 bridgehead atoms. The number of aromatic nitrogens is 1. The van der Waals surface area contributed by atoms with Crippen molar-refractivity contribution in [1.29, 1.82) is 0 Å². The molecule has 0 amide bonds. The highest BCUT2D eigenvalue weighted by Crippen LogP contribution is 2.39. The maximum atomic E-state index is 14.2. The van der Waals surface area contributed by atoms with Gasteiger partial charge in [-0.15, -0.1) is 0 Å². The Morgan fingerprint density at radius 3 is 2.25 bits per heavy atom. The fourth-order valence-electron chi connectivity index (χ4n) is 5.54. The summed E-state index contributed by atoms with van der Waals surface area (Å²) in [4.78, 5) is 54.3. The molecule has 258 valence electrons. The van der Waals surface area contributed by atoms with E-state index in [-0.39, 0.29) is 23.7 Å². The maximum absolute atomic E-state index is 14.2. The third kappa shape index (κ3) is 6.82. The van der Waals surface area contributed by atoms with E-state index >= 15 is 0 Å². The topological polar surface area (TPSA) is 175 Å². The summed E-state index contributed by atoms with van der Waals surface area (Å²) in [5.74, 6) is 0.297. The van der Waals surface area contributed by atoms with Crippen LogP contribution in [0.15, 0.2) is 106 Å². The molecule has 0 fully saturated rings. The highest BCUT2D eigenvalue weighted by Gasteiger charge is 2.35. The van der Waals surface area contributed by atoms with Gasteiger partial charge in [-0.3, -0.25) is 29.6 Å². The van der Waals surface area contributed by atoms with Crippen molar-refractivity contribution < 1.29 is 33.6 Å². The van der Waals surface area contributed by atoms with Crippen molar-refractivity contribution in [2.24, 2.45) is 4.99 Å². The minimum Gasteiger partial charge on any atom is -0.493 e. The molecule has 51 heavy (non-hydrogen) atoms. The molecule has 1 aliphatic heterocycles. The first-order valence-electron chi connectivity index (χ1n) is 15.3. The zero-order valence-electron chi connectivity index (χ0n) is 27.3. The lowest BCUT2D eigenvalue weighted by Crippen LogP contribution is -2.40. The quantitative estimate of drug-likeness (QED) is 0.0960. The molecule has 1 atom stereocenters. The standard InChI is InChI=1S/C36H28N4O10S/c1-4-49-35(42)31-32(22-8-6-5-7-9-22)37-36-38(33(31)23-12-16-28(47-2)29(19-23)48-3)34(41)30(51-36)18-21-10-14-25(15-11-21)50-27-17-13-24(39(43)44)20-26(27)40(45)46/h5-20,33H,4H2,1-3H3/b30-18-/t33-/m1/s1. The molecule has 15 heteroatoms. The van der Waals surface area contributed by atoms with Gasteiger partial charge in [0.25, 0.3) is 11.2 Å². The lowest BCUT2D eigenvalue weighted by molar-refractivity contribution is -0.394. The zero-order chi connectivity index (χ0) is 36.2. The van der Waals surface area contributed by atoms with Gasteiger partial charge in [0, 0.05) is 11.6 Å². The Morgan fingerprint density at radius 1 is 0.902 bits per heavy atom. The summed E-state index contributed by atoms with van der Waals surface area (Å²) in [6.07, 6.45) is 1.66. The van der Waals surface area contributed by atoms with Gasteiger partial charge in [0.05, 0.1) is 58.6 Å². The lowest BCUT2D eigenvalue weighted by Gasteiger charge is -2.26. The molecule has 0 radical (unpaired) electrons. The molecule has 2 heterocycles. The number of thiazole rings is 1. The van der Waals surface area contributed by atoms with Crippen molar-refractivity contribution in [2.45, 2.75) is 13.0 Å². The Kier molecular flexibility index (Phi) is 9.72. The van der Waals surface area contributed by atoms with Crippen molar-refractivity contribution in [2.75, 3.05) is 20.8 Å². The fourth-order valence-corrected chi connectivity index (χ4v) is 6.54. The largest absolute Gasteiger partial charge is 0.493 e. The summed E-state index contributed by atoms with van der Waals surface area (Å²) in [7, 11) is 3.00. The molecule has 1 aliphatic rings. The number of carbonyl (C=O) groups is 1. The van der Waals surface area contributed by atoms with E-state index in [1.54, 1.807) is 55.5 Å². The van der Waals surface area contributed by atoms with Crippen LogP contribution >= 0.6 is 11.3 Å². The maximum Gasteiger partial charge on any atom is 0.338 e. The summed E-state index contributed by atoms with van der Waals surface area (Å²) in [5, 5.41) is 22.6. The molecule has 0 aliphatic carbocycles. The Hall–Kier alpha value is -6.61. The number of non-ortho nitro benzene ring substituents is 1. The summed E-state index contributed by atoms with van der Waals surface area (Å²) in [6, 6.07) is 22.9. The average molecular weight is 709 g/mol. The van der Waals surface area contributed by atoms with Crippen LogP contribution in [0.2, 0.25) is 0 Å². The Bertz CT molecular complexity index is 2390. The lowest BCUT2D eigenvalue weighted by atomic mass is 9.93. The van der Waals surface area contributed by atoms with Crippen molar-refractivity contribution in [1.82, 2.24) is 4.57 Å². The number of nitrogens with zero attached hydrogens (tertiary/aromatic N) is 4. The number of ether oxygens (including phenoxy) is 4. The molecule has 0 saturated carbocycles. The van der Waals surface area contributed by atoms with Crippen LogP contribution in [0.25, 0.3) is 11.8 Å². The van der Waals surface area contributed by atoms with E-state index in [1.165, 1.54) is 18.8 Å². The van der Waals surface area contributed by atoms with Gasteiger partial charge in [0.15, 0.2) is 16.3 Å². The Balaban J connectivity index is 1.46. The fraction of sp³-hybridized carbons (Fsp3) is 0.139. The van der Waals surface area contributed by atoms with Gasteiger partial charge in [-0.25, -0.2) is 9.79 Å². The SMILES string of the molecule is CCOC(=O)C1=C(c2ccccc2)N=c2s/c(=C\c3ccc(Oc4ccc([N+](=O)[O-])cc4[N+](=O)[O-])cc3)c(=O)n2[C@@H]1c1ccc(OC)c(OC)c1. The van der Waals surface area contributed by atoms with Gasteiger partial charge in [-0.1, -0.05) is 59.9 Å². The Labute approximate surface area is 293 Å². The first-order valence-corrected chi connectivity index (χ1v) is 16.2. The van der Waals surface area contributed by atoms with E-state index in [1.807, 2.05) is 30.3 Å². The average Bonchev–Trinajstić information content (AvgIpc) is 3.45. The van der Waals surface area contributed by atoms with Crippen LogP contribution in [-0.2, 0) is 9.53 Å². The van der Waals surface area contributed by atoms with Gasteiger partial charge >= 0.3 is 11.7 Å². The number of rotatable bonds is 11. The van der Waals surface area contributed by atoms with Crippen molar-refractivity contribution in [3.05, 3.63) is 153 Å². The van der Waals surface area contributed by atoms with Crippen LogP contribution in [0.3, 0.4) is 0 Å². The summed E-state index contributed by atoms with van der Waals surface area (Å²) in [6.45, 7) is 1.80. The number of esters is 1. The normalized spacial score (nSPS) is 13.9. The van der Waals surface area contributed by atoms with E-state index in [0.717, 1.165) is 29.5 Å². The van der Waals surface area contributed by atoms with Gasteiger partial charge in [0.2, 0.25) is 5.75 Å². The molecule has 0 spiro atoms. The predicted molar refractivity (Wildman–Crippen MR) is 187 cm³/mol. The summed E-state index contributed by atoms with van der Waals surface area (Å²) in [5.41, 5.74) is 0.955. The molecular formula is C36H28N4O10S. The number of benzene rings is 4. The van der Waals surface area contributed by atoms with Crippen LogP contribution in [0.1, 0.15) is 29.7 Å². The smallest absolute Gasteiger partial charge is 0.338 e. The Morgan fingerprint density at radius 2 is 1.61 bits per heavy atom. The first-order chi connectivity index (χ1) is 24.6. The third-order valence-corrected chi connectivity index (χ3v) is 8.84. The van der Waals surface area contributed by atoms with Gasteiger partial charge < -0.3 is 18.9 Å². The van der Waals surface area contributed by atoms with Gasteiger partial charge in [0.1, 0.15) is 5.75 Å². The van der Waals surface area contributed by atoms with Gasteiger partial charge in [-0.05, 0) is 54.5 Å². The molecule has 4 aromatic carbocycles. The van der Waals surface area contributed by atoms with Crippen LogP contribution in [0, 0.1) is 20.2 Å². The highest BCUT2D eigenvalue weighted by molar-refractivity contribution is 7.07. The van der Waals surface area contributed by atoms with Crippen LogP contribution in [0.4, 0.5) is 11.4 Å². The predicted octanol–water partition coefficient (Wildman–Crippen LogP) is 5.56. The van der Waals surface area contributed by atoms with Crippen molar-refractivity contribution in [3.63, 3.8) is 0 Å². The third-order valence-electron chi connectivity index (χ3n) is 7.85. The number of nitro benzene ring substituents is 2. The van der Waals surface area contributed by atoms with Crippen LogP contribution in [-0.4, -0.2) is 41.2 Å². The second-order valence-corrected chi connectivity index (χ2v) is 11.9. The number of methoxy groups -OCH3 is 2. The van der Waals surface area contributed by atoms with Gasteiger partial charge in [-0.2, -0.15) is 0 Å². The zero-order valence-corrected chi connectivity index (χ0v) is 28.1.